The van der Waals surface area contributed by atoms with Crippen LogP contribution >= 0.6 is 0 Å². The van der Waals surface area contributed by atoms with E-state index in [0.29, 0.717) is 16.9 Å². The summed E-state index contributed by atoms with van der Waals surface area (Å²) in [5, 5.41) is 10.8. The summed E-state index contributed by atoms with van der Waals surface area (Å²) in [5.41, 5.74) is 0.344. The lowest BCUT2D eigenvalue weighted by Gasteiger charge is -2.39. The lowest BCUT2D eigenvalue weighted by atomic mass is 9.68. The van der Waals surface area contributed by atoms with Crippen LogP contribution in [0.1, 0.15) is 38.2 Å². The number of aliphatic hydroxyl groups is 1. The molecule has 1 saturated carbocycles. The lowest BCUT2D eigenvalue weighted by molar-refractivity contribution is 0.0156. The Hall–Kier alpha value is -0.910. The van der Waals surface area contributed by atoms with Gasteiger partial charge in [-0.1, -0.05) is 18.6 Å². The number of hydrogen-bond donors (Lipinski definition) is 1. The fraction of sp³-hybridized carbons (Fsp3) is 0.647. The van der Waals surface area contributed by atoms with E-state index < -0.39 is 15.4 Å². The highest BCUT2D eigenvalue weighted by Gasteiger charge is 2.44. The van der Waals surface area contributed by atoms with Gasteiger partial charge in [-0.3, -0.25) is 4.90 Å². The van der Waals surface area contributed by atoms with E-state index in [1.807, 2.05) is 6.92 Å². The molecule has 0 radical (unpaired) electrons. The summed E-state index contributed by atoms with van der Waals surface area (Å²) in [6.45, 7) is 4.56. The average Bonchev–Trinajstić information content (AvgIpc) is 2.81. The number of nitrogens with zero attached hydrogens (tertiary/aromatic N) is 1. The SMILES string of the molecule is CC(O)(CN1CCC2(CCC2)C1)c1ccc(S(C)(=O)=O)cc1. The smallest absolute Gasteiger partial charge is 0.175 e. The van der Waals surface area contributed by atoms with E-state index in [2.05, 4.69) is 4.90 Å². The molecule has 5 heteroatoms. The Morgan fingerprint density at radius 3 is 2.32 bits per heavy atom. The van der Waals surface area contributed by atoms with E-state index in [9.17, 15) is 13.5 Å². The van der Waals surface area contributed by atoms with Crippen molar-refractivity contribution in [1.29, 1.82) is 0 Å². The van der Waals surface area contributed by atoms with Crippen molar-refractivity contribution in [3.63, 3.8) is 0 Å². The molecule has 1 spiro atoms. The third kappa shape index (κ3) is 3.07. The van der Waals surface area contributed by atoms with Crippen molar-refractivity contribution in [2.75, 3.05) is 25.9 Å². The minimum atomic E-state index is -3.19. The van der Waals surface area contributed by atoms with Crippen molar-refractivity contribution in [3.05, 3.63) is 29.8 Å². The predicted octanol–water partition coefficient (Wildman–Crippen LogP) is 2.17. The van der Waals surface area contributed by atoms with Crippen LogP contribution in [0.25, 0.3) is 0 Å². The monoisotopic (exact) mass is 323 g/mol. The first kappa shape index (κ1) is 16.0. The maximum absolute atomic E-state index is 11.5. The maximum atomic E-state index is 11.5. The number of β-amino-alcohol motifs (C(OH)–C–C–N with tert-alkyl or cyclic N) is 1. The minimum absolute atomic E-state index is 0.293. The van der Waals surface area contributed by atoms with E-state index in [4.69, 9.17) is 0 Å². The molecule has 3 rings (SSSR count). The molecule has 0 amide bonds. The molecular weight excluding hydrogens is 298 g/mol. The van der Waals surface area contributed by atoms with Gasteiger partial charge >= 0.3 is 0 Å². The van der Waals surface area contributed by atoms with Crippen molar-refractivity contribution in [2.45, 2.75) is 43.1 Å². The molecule has 1 unspecified atom stereocenters. The molecular formula is C17H25NO3S. The topological polar surface area (TPSA) is 57.6 Å². The van der Waals surface area contributed by atoms with Gasteiger partial charge in [0, 0.05) is 19.3 Å². The molecule has 1 aliphatic carbocycles. The molecule has 22 heavy (non-hydrogen) atoms. The summed E-state index contributed by atoms with van der Waals surface area (Å²) in [6, 6.07) is 6.62. The number of hydrogen-bond acceptors (Lipinski definition) is 4. The quantitative estimate of drug-likeness (QED) is 0.923. The molecule has 2 fully saturated rings. The van der Waals surface area contributed by atoms with Gasteiger partial charge in [-0.15, -0.1) is 0 Å². The summed E-state index contributed by atoms with van der Waals surface area (Å²) in [6.07, 6.45) is 6.44. The second kappa shape index (κ2) is 5.32. The number of benzene rings is 1. The molecule has 1 aliphatic heterocycles. The zero-order valence-electron chi connectivity index (χ0n) is 13.4. The Morgan fingerprint density at radius 2 is 1.86 bits per heavy atom. The Kier molecular flexibility index (Phi) is 3.86. The van der Waals surface area contributed by atoms with Gasteiger partial charge in [-0.25, -0.2) is 8.42 Å². The lowest BCUT2D eigenvalue weighted by Crippen LogP contribution is -2.40. The van der Waals surface area contributed by atoms with Crippen LogP contribution in [0.5, 0.6) is 0 Å². The van der Waals surface area contributed by atoms with Crippen molar-refractivity contribution >= 4 is 9.84 Å². The first-order valence-electron chi connectivity index (χ1n) is 7.96. The fourth-order valence-electron chi connectivity index (χ4n) is 3.84. The molecule has 0 aromatic heterocycles. The molecule has 122 valence electrons. The molecule has 1 heterocycles. The summed E-state index contributed by atoms with van der Waals surface area (Å²) < 4.78 is 23.0. The number of sulfone groups is 1. The van der Waals surface area contributed by atoms with Gasteiger partial charge in [0.2, 0.25) is 0 Å². The minimum Gasteiger partial charge on any atom is -0.384 e. The summed E-state index contributed by atoms with van der Waals surface area (Å²) in [4.78, 5) is 2.64. The van der Waals surface area contributed by atoms with Gasteiger partial charge in [0.1, 0.15) is 0 Å². The van der Waals surface area contributed by atoms with Gasteiger partial charge in [-0.2, -0.15) is 0 Å². The Bertz CT molecular complexity index is 645. The molecule has 0 bridgehead atoms. The normalized spacial score (nSPS) is 24.1. The zero-order chi connectivity index (χ0) is 16.0. The predicted molar refractivity (Wildman–Crippen MR) is 86.5 cm³/mol. The Balaban J connectivity index is 1.70. The Labute approximate surface area is 133 Å². The van der Waals surface area contributed by atoms with Crippen LogP contribution in [0.2, 0.25) is 0 Å². The van der Waals surface area contributed by atoms with E-state index in [0.717, 1.165) is 18.7 Å². The number of rotatable bonds is 4. The molecule has 4 nitrogen and oxygen atoms in total. The van der Waals surface area contributed by atoms with Gasteiger partial charge < -0.3 is 5.11 Å². The standard InChI is InChI=1S/C17H25NO3S/c1-16(19,12-18-11-10-17(13-18)8-3-9-17)14-4-6-15(7-5-14)22(2,20)21/h4-7,19H,3,8-13H2,1-2H3. The zero-order valence-corrected chi connectivity index (χ0v) is 14.2. The average molecular weight is 323 g/mol. The van der Waals surface area contributed by atoms with Gasteiger partial charge in [-0.05, 0) is 55.8 Å². The van der Waals surface area contributed by atoms with Crippen molar-refractivity contribution < 1.29 is 13.5 Å². The van der Waals surface area contributed by atoms with Gasteiger partial charge in [0.15, 0.2) is 9.84 Å². The highest BCUT2D eigenvalue weighted by Crippen LogP contribution is 2.48. The molecule has 2 aliphatic rings. The fourth-order valence-corrected chi connectivity index (χ4v) is 4.47. The van der Waals surface area contributed by atoms with Gasteiger partial charge in [0.25, 0.3) is 0 Å². The van der Waals surface area contributed by atoms with Crippen LogP contribution in [0, 0.1) is 5.41 Å². The third-order valence-electron chi connectivity index (χ3n) is 5.37. The second-order valence-electron chi connectivity index (χ2n) is 7.38. The maximum Gasteiger partial charge on any atom is 0.175 e. The van der Waals surface area contributed by atoms with E-state index >= 15 is 0 Å². The molecule has 1 saturated heterocycles. The van der Waals surface area contributed by atoms with Crippen LogP contribution in [0.3, 0.4) is 0 Å². The van der Waals surface area contributed by atoms with Crippen molar-refractivity contribution in [3.8, 4) is 0 Å². The van der Waals surface area contributed by atoms with E-state index in [-0.39, 0.29) is 0 Å². The van der Waals surface area contributed by atoms with Gasteiger partial charge in [0.05, 0.1) is 10.5 Å². The largest absolute Gasteiger partial charge is 0.384 e. The number of likely N-dealkylation sites (tertiary alicyclic amines) is 1. The van der Waals surface area contributed by atoms with E-state index in [1.54, 1.807) is 24.3 Å². The van der Waals surface area contributed by atoms with Crippen LogP contribution < -0.4 is 0 Å². The molecule has 1 aromatic carbocycles. The second-order valence-corrected chi connectivity index (χ2v) is 9.40. The first-order valence-corrected chi connectivity index (χ1v) is 9.85. The highest BCUT2D eigenvalue weighted by atomic mass is 32.2. The molecule has 1 N–H and O–H groups in total. The summed E-state index contributed by atoms with van der Waals surface area (Å²) >= 11 is 0. The summed E-state index contributed by atoms with van der Waals surface area (Å²) in [5.74, 6) is 0. The van der Waals surface area contributed by atoms with Crippen LogP contribution in [0.15, 0.2) is 29.2 Å². The molecule has 1 atom stereocenters. The van der Waals surface area contributed by atoms with Crippen molar-refractivity contribution in [2.24, 2.45) is 5.41 Å². The Morgan fingerprint density at radius 1 is 1.23 bits per heavy atom. The third-order valence-corrected chi connectivity index (χ3v) is 6.50. The van der Waals surface area contributed by atoms with Crippen molar-refractivity contribution in [1.82, 2.24) is 4.90 Å². The van der Waals surface area contributed by atoms with Crippen LogP contribution in [-0.4, -0.2) is 44.3 Å². The van der Waals surface area contributed by atoms with E-state index in [1.165, 1.54) is 31.9 Å². The molecule has 1 aromatic rings. The van der Waals surface area contributed by atoms with Crippen LogP contribution in [-0.2, 0) is 15.4 Å². The first-order chi connectivity index (χ1) is 10.2. The van der Waals surface area contributed by atoms with Crippen LogP contribution in [0.4, 0.5) is 0 Å². The highest BCUT2D eigenvalue weighted by molar-refractivity contribution is 7.90. The summed E-state index contributed by atoms with van der Waals surface area (Å²) in [7, 11) is -3.19.